The van der Waals surface area contributed by atoms with E-state index in [-0.39, 0.29) is 0 Å². The van der Waals surface area contributed by atoms with Crippen molar-refractivity contribution in [2.45, 2.75) is 6.42 Å². The molecule has 0 spiro atoms. The molecule has 0 nitrogen and oxygen atoms in total. The van der Waals surface area contributed by atoms with Crippen LogP contribution in [0.1, 0.15) is 11.1 Å². The summed E-state index contributed by atoms with van der Waals surface area (Å²) in [4.78, 5) is 0. The SMILES string of the molecule is [c]1ccc(-c2ccccc2Cc2ccccc2)cc1. The fourth-order valence-corrected chi connectivity index (χ4v) is 2.34. The maximum atomic E-state index is 3.07. The lowest BCUT2D eigenvalue weighted by atomic mass is 9.95. The Bertz CT molecular complexity index is 639. The van der Waals surface area contributed by atoms with Gasteiger partial charge in [0.05, 0.1) is 0 Å². The molecule has 0 bridgehead atoms. The lowest BCUT2D eigenvalue weighted by molar-refractivity contribution is 1.19. The first kappa shape index (κ1) is 11.7. The molecule has 0 aromatic heterocycles. The molecular weight excluding hydrogens is 228 g/mol. The molecule has 3 aromatic carbocycles. The van der Waals surface area contributed by atoms with Gasteiger partial charge >= 0.3 is 0 Å². The van der Waals surface area contributed by atoms with Crippen molar-refractivity contribution in [3.63, 3.8) is 0 Å². The van der Waals surface area contributed by atoms with Crippen molar-refractivity contribution in [2.24, 2.45) is 0 Å². The zero-order valence-corrected chi connectivity index (χ0v) is 10.7. The highest BCUT2D eigenvalue weighted by Crippen LogP contribution is 2.25. The van der Waals surface area contributed by atoms with E-state index >= 15 is 0 Å². The van der Waals surface area contributed by atoms with E-state index in [1.165, 1.54) is 22.3 Å². The van der Waals surface area contributed by atoms with E-state index in [2.05, 4.69) is 72.8 Å². The third-order valence-electron chi connectivity index (χ3n) is 3.28. The molecule has 1 radical (unpaired) electrons. The monoisotopic (exact) mass is 243 g/mol. The standard InChI is InChI=1S/C19H15/c1-3-9-16(10-4-1)15-18-13-7-8-14-19(18)17-11-5-2-6-12-17/h1,3-14H,15H2. The largest absolute Gasteiger partial charge is 0.0622 e. The average molecular weight is 243 g/mol. The minimum atomic E-state index is 0.968. The van der Waals surface area contributed by atoms with Crippen LogP contribution in [-0.2, 0) is 6.42 Å². The summed E-state index contributed by atoms with van der Waals surface area (Å²) in [5.41, 5.74) is 5.27. The first-order valence-corrected chi connectivity index (χ1v) is 6.52. The molecule has 0 heteroatoms. The third-order valence-corrected chi connectivity index (χ3v) is 3.28. The number of hydrogen-bond donors (Lipinski definition) is 0. The smallest absolute Gasteiger partial charge is 0.00196 e. The van der Waals surface area contributed by atoms with Gasteiger partial charge in [-0.1, -0.05) is 78.9 Å². The van der Waals surface area contributed by atoms with Gasteiger partial charge in [-0.3, -0.25) is 0 Å². The predicted octanol–water partition coefficient (Wildman–Crippen LogP) is 4.74. The van der Waals surface area contributed by atoms with Crippen molar-refractivity contribution in [1.82, 2.24) is 0 Å². The van der Waals surface area contributed by atoms with Crippen LogP contribution >= 0.6 is 0 Å². The highest BCUT2D eigenvalue weighted by molar-refractivity contribution is 5.67. The molecule has 0 heterocycles. The van der Waals surface area contributed by atoms with Gasteiger partial charge in [0.1, 0.15) is 0 Å². The Morgan fingerprint density at radius 1 is 0.684 bits per heavy atom. The molecule has 0 N–H and O–H groups in total. The Labute approximate surface area is 114 Å². The van der Waals surface area contributed by atoms with Gasteiger partial charge in [0.2, 0.25) is 0 Å². The molecular formula is C19H15. The lowest BCUT2D eigenvalue weighted by Crippen LogP contribution is -1.91. The number of benzene rings is 3. The maximum Gasteiger partial charge on any atom is -0.00196 e. The normalized spacial score (nSPS) is 10.3. The first-order chi connectivity index (χ1) is 9.43. The van der Waals surface area contributed by atoms with Gasteiger partial charge in [-0.05, 0) is 34.7 Å². The van der Waals surface area contributed by atoms with Crippen LogP contribution in [0.15, 0.2) is 78.9 Å². The van der Waals surface area contributed by atoms with Crippen LogP contribution in [0.5, 0.6) is 0 Å². The maximum absolute atomic E-state index is 3.07. The second kappa shape index (κ2) is 5.53. The molecule has 0 unspecified atom stereocenters. The van der Waals surface area contributed by atoms with Crippen LogP contribution in [0.4, 0.5) is 0 Å². The number of hydrogen-bond acceptors (Lipinski definition) is 0. The third kappa shape index (κ3) is 2.74. The summed E-state index contributed by atoms with van der Waals surface area (Å²) < 4.78 is 0. The zero-order chi connectivity index (χ0) is 12.9. The predicted molar refractivity (Wildman–Crippen MR) is 80.0 cm³/mol. The van der Waals surface area contributed by atoms with Crippen molar-refractivity contribution < 1.29 is 0 Å². The molecule has 0 saturated heterocycles. The van der Waals surface area contributed by atoms with E-state index in [0.29, 0.717) is 0 Å². The molecule has 0 saturated carbocycles. The molecule has 91 valence electrons. The molecule has 0 aliphatic carbocycles. The fraction of sp³-hybridized carbons (Fsp3) is 0.0526. The quantitative estimate of drug-likeness (QED) is 0.623. The highest BCUT2D eigenvalue weighted by Gasteiger charge is 2.04. The van der Waals surface area contributed by atoms with Crippen molar-refractivity contribution in [2.75, 3.05) is 0 Å². The minimum Gasteiger partial charge on any atom is -0.0622 e. The van der Waals surface area contributed by atoms with Gasteiger partial charge in [-0.15, -0.1) is 0 Å². The molecule has 3 aromatic rings. The second-order valence-corrected chi connectivity index (χ2v) is 4.61. The van der Waals surface area contributed by atoms with Gasteiger partial charge in [0, 0.05) is 0 Å². The van der Waals surface area contributed by atoms with E-state index in [1.54, 1.807) is 0 Å². The van der Waals surface area contributed by atoms with Gasteiger partial charge in [0.25, 0.3) is 0 Å². The molecule has 19 heavy (non-hydrogen) atoms. The summed E-state index contributed by atoms with van der Waals surface area (Å²) in [6.45, 7) is 0. The second-order valence-electron chi connectivity index (χ2n) is 4.61. The Morgan fingerprint density at radius 3 is 2.16 bits per heavy atom. The van der Waals surface area contributed by atoms with Crippen LogP contribution in [0.2, 0.25) is 0 Å². The van der Waals surface area contributed by atoms with Gasteiger partial charge in [-0.25, -0.2) is 0 Å². The van der Waals surface area contributed by atoms with E-state index in [9.17, 15) is 0 Å². The van der Waals surface area contributed by atoms with Crippen molar-refractivity contribution >= 4 is 0 Å². The lowest BCUT2D eigenvalue weighted by Gasteiger charge is -2.09. The minimum absolute atomic E-state index is 0.968. The van der Waals surface area contributed by atoms with Gasteiger partial charge in [-0.2, -0.15) is 0 Å². The Morgan fingerprint density at radius 2 is 1.37 bits per heavy atom. The summed E-state index contributed by atoms with van der Waals surface area (Å²) in [5, 5.41) is 0. The number of rotatable bonds is 3. The van der Waals surface area contributed by atoms with Gasteiger partial charge < -0.3 is 0 Å². The summed E-state index contributed by atoms with van der Waals surface area (Å²) in [5.74, 6) is 0. The van der Waals surface area contributed by atoms with Gasteiger partial charge in [0.15, 0.2) is 0 Å². The van der Waals surface area contributed by atoms with E-state index in [1.807, 2.05) is 12.1 Å². The van der Waals surface area contributed by atoms with Crippen LogP contribution in [0.3, 0.4) is 0 Å². The van der Waals surface area contributed by atoms with Crippen molar-refractivity contribution in [3.8, 4) is 11.1 Å². The Balaban J connectivity index is 1.99. The molecule has 0 aliphatic heterocycles. The summed E-state index contributed by atoms with van der Waals surface area (Å²) >= 11 is 0. The molecule has 0 fully saturated rings. The van der Waals surface area contributed by atoms with E-state index < -0.39 is 0 Å². The Kier molecular flexibility index (Phi) is 3.42. The van der Waals surface area contributed by atoms with Crippen LogP contribution in [0.25, 0.3) is 11.1 Å². The molecule has 0 aliphatic rings. The topological polar surface area (TPSA) is 0 Å². The molecule has 0 amide bonds. The zero-order valence-electron chi connectivity index (χ0n) is 10.7. The molecule has 3 rings (SSSR count). The van der Waals surface area contributed by atoms with E-state index in [0.717, 1.165) is 6.42 Å². The average Bonchev–Trinajstić information content (AvgIpc) is 2.50. The summed E-state index contributed by atoms with van der Waals surface area (Å²) in [7, 11) is 0. The Hall–Kier alpha value is -2.34. The van der Waals surface area contributed by atoms with Crippen molar-refractivity contribution in [1.29, 1.82) is 0 Å². The summed E-state index contributed by atoms with van der Waals surface area (Å²) in [6.07, 6.45) is 0.968. The van der Waals surface area contributed by atoms with Crippen LogP contribution in [-0.4, -0.2) is 0 Å². The molecule has 0 atom stereocenters. The van der Waals surface area contributed by atoms with Crippen LogP contribution < -0.4 is 0 Å². The van der Waals surface area contributed by atoms with E-state index in [4.69, 9.17) is 0 Å². The summed E-state index contributed by atoms with van der Waals surface area (Å²) in [6, 6.07) is 30.4. The highest BCUT2D eigenvalue weighted by atomic mass is 14.1. The first-order valence-electron chi connectivity index (χ1n) is 6.52. The fourth-order valence-electron chi connectivity index (χ4n) is 2.34. The van der Waals surface area contributed by atoms with Crippen molar-refractivity contribution in [3.05, 3.63) is 96.1 Å². The van der Waals surface area contributed by atoms with Crippen LogP contribution in [0, 0.1) is 6.07 Å².